The zero-order valence-electron chi connectivity index (χ0n) is 16.1. The molecule has 1 heterocycles. The molecule has 1 N–H and O–H groups in total. The van der Waals surface area contributed by atoms with Crippen molar-refractivity contribution in [3.63, 3.8) is 0 Å². The molecule has 5 nitrogen and oxygen atoms in total. The van der Waals surface area contributed by atoms with Gasteiger partial charge in [0.15, 0.2) is 0 Å². The van der Waals surface area contributed by atoms with Crippen LogP contribution in [0.1, 0.15) is 11.3 Å². The number of carbonyl (C=O) groups is 1. The molecule has 0 fully saturated rings. The number of ether oxygens (including phenoxy) is 1. The van der Waals surface area contributed by atoms with Gasteiger partial charge in [0.1, 0.15) is 0 Å². The Labute approximate surface area is 180 Å². The van der Waals surface area contributed by atoms with Gasteiger partial charge in [-0.3, -0.25) is 0 Å². The van der Waals surface area contributed by atoms with Crippen LogP contribution in [0.3, 0.4) is 0 Å². The van der Waals surface area contributed by atoms with Crippen molar-refractivity contribution in [2.24, 2.45) is 0 Å². The van der Waals surface area contributed by atoms with Crippen LogP contribution in [-0.2, 0) is 17.8 Å². The molecule has 7 heteroatoms. The quantitative estimate of drug-likeness (QED) is 0.509. The van der Waals surface area contributed by atoms with E-state index in [4.69, 9.17) is 27.9 Å². The number of urea groups is 1. The maximum atomic E-state index is 12.9. The van der Waals surface area contributed by atoms with E-state index in [1.165, 1.54) is 0 Å². The molecule has 0 unspecified atom stereocenters. The van der Waals surface area contributed by atoms with Gasteiger partial charge in [-0.25, -0.2) is 4.79 Å². The van der Waals surface area contributed by atoms with Crippen LogP contribution < -0.4 is 5.32 Å². The minimum absolute atomic E-state index is 0.213. The number of benzene rings is 2. The molecule has 3 aromatic rings. The van der Waals surface area contributed by atoms with Crippen LogP contribution in [0.15, 0.2) is 66.9 Å². The van der Waals surface area contributed by atoms with Crippen molar-refractivity contribution >= 4 is 34.9 Å². The van der Waals surface area contributed by atoms with Gasteiger partial charge in [-0.15, -0.1) is 0 Å². The highest BCUT2D eigenvalue weighted by atomic mass is 35.5. The molecule has 152 valence electrons. The lowest BCUT2D eigenvalue weighted by Crippen LogP contribution is -2.37. The summed E-state index contributed by atoms with van der Waals surface area (Å²) < 4.78 is 7.28. The maximum absolute atomic E-state index is 12.9. The highest BCUT2D eigenvalue weighted by Gasteiger charge is 2.16. The molecule has 1 aromatic heterocycles. The second-order valence-corrected chi connectivity index (χ2v) is 7.42. The number of hydrogen-bond acceptors (Lipinski definition) is 2. The number of nitrogens with one attached hydrogen (secondary N) is 1. The van der Waals surface area contributed by atoms with Crippen molar-refractivity contribution in [1.29, 1.82) is 0 Å². The van der Waals surface area contributed by atoms with E-state index in [1.807, 2.05) is 42.6 Å². The van der Waals surface area contributed by atoms with E-state index >= 15 is 0 Å². The number of methoxy groups -OCH3 is 1. The zero-order chi connectivity index (χ0) is 20.6. The first-order valence-electron chi connectivity index (χ1n) is 9.24. The van der Waals surface area contributed by atoms with Crippen molar-refractivity contribution in [3.05, 3.63) is 88.2 Å². The Kier molecular flexibility index (Phi) is 7.58. The number of rotatable bonds is 8. The Hall–Kier alpha value is -2.47. The Morgan fingerprint density at radius 2 is 1.93 bits per heavy atom. The van der Waals surface area contributed by atoms with Crippen LogP contribution in [-0.4, -0.2) is 35.8 Å². The minimum atomic E-state index is -0.213. The molecule has 0 saturated carbocycles. The molecule has 0 spiro atoms. The molecule has 2 amide bonds. The number of aromatic nitrogens is 1. The lowest BCUT2D eigenvalue weighted by Gasteiger charge is -2.24. The Morgan fingerprint density at radius 1 is 1.10 bits per heavy atom. The van der Waals surface area contributed by atoms with Crippen LogP contribution >= 0.6 is 23.2 Å². The van der Waals surface area contributed by atoms with Crippen molar-refractivity contribution < 1.29 is 9.53 Å². The molecule has 0 atom stereocenters. The summed E-state index contributed by atoms with van der Waals surface area (Å²) in [5, 5.41) is 4.19. The first-order valence-corrected chi connectivity index (χ1v) is 10.0. The van der Waals surface area contributed by atoms with Crippen molar-refractivity contribution in [1.82, 2.24) is 9.47 Å². The van der Waals surface area contributed by atoms with E-state index in [0.29, 0.717) is 37.0 Å². The van der Waals surface area contributed by atoms with Crippen LogP contribution in [0.25, 0.3) is 0 Å². The van der Waals surface area contributed by atoms with Gasteiger partial charge < -0.3 is 19.5 Å². The minimum Gasteiger partial charge on any atom is -0.383 e. The van der Waals surface area contributed by atoms with Crippen molar-refractivity contribution in [3.8, 4) is 0 Å². The Bertz CT molecular complexity index is 958. The van der Waals surface area contributed by atoms with Crippen LogP contribution in [0, 0.1) is 0 Å². The summed E-state index contributed by atoms with van der Waals surface area (Å²) in [6, 6.07) is 18.6. The lowest BCUT2D eigenvalue weighted by molar-refractivity contribution is 0.152. The van der Waals surface area contributed by atoms with E-state index in [9.17, 15) is 4.79 Å². The number of carbonyl (C=O) groups excluding carboxylic acids is 1. The van der Waals surface area contributed by atoms with Crippen LogP contribution in [0.5, 0.6) is 0 Å². The molecule has 0 saturated heterocycles. The van der Waals surface area contributed by atoms with Crippen molar-refractivity contribution in [2.45, 2.75) is 13.1 Å². The normalized spacial score (nSPS) is 10.7. The molecule has 3 rings (SSSR count). The highest BCUT2D eigenvalue weighted by molar-refractivity contribution is 6.31. The summed E-state index contributed by atoms with van der Waals surface area (Å²) in [6.07, 6.45) is 1.99. The first-order chi connectivity index (χ1) is 14.1. The average molecular weight is 432 g/mol. The van der Waals surface area contributed by atoms with E-state index in [1.54, 1.807) is 36.3 Å². The molecule has 0 aliphatic rings. The fourth-order valence-corrected chi connectivity index (χ4v) is 3.36. The molecular formula is C22H23Cl2N3O2. The van der Waals surface area contributed by atoms with Gasteiger partial charge in [-0.2, -0.15) is 0 Å². The van der Waals surface area contributed by atoms with Gasteiger partial charge in [0.25, 0.3) is 0 Å². The molecule has 0 aliphatic carbocycles. The number of amides is 2. The third-order valence-electron chi connectivity index (χ3n) is 4.50. The van der Waals surface area contributed by atoms with Gasteiger partial charge >= 0.3 is 6.03 Å². The fraction of sp³-hybridized carbons (Fsp3) is 0.227. The second kappa shape index (κ2) is 10.3. The van der Waals surface area contributed by atoms with Crippen LogP contribution in [0.2, 0.25) is 10.0 Å². The lowest BCUT2D eigenvalue weighted by atomic mass is 10.2. The first kappa shape index (κ1) is 21.2. The van der Waals surface area contributed by atoms with Gasteiger partial charge in [-0.05, 0) is 42.0 Å². The summed E-state index contributed by atoms with van der Waals surface area (Å²) in [6.45, 7) is 1.97. The van der Waals surface area contributed by atoms with E-state index in [2.05, 4.69) is 9.88 Å². The molecule has 0 radical (unpaired) electrons. The zero-order valence-corrected chi connectivity index (χ0v) is 17.7. The fourth-order valence-electron chi connectivity index (χ4n) is 2.98. The maximum Gasteiger partial charge on any atom is 0.322 e. The van der Waals surface area contributed by atoms with E-state index in [0.717, 1.165) is 16.3 Å². The molecule has 29 heavy (non-hydrogen) atoms. The monoisotopic (exact) mass is 431 g/mol. The SMILES string of the molecule is COCCN(Cc1cccn1Cc1ccccc1Cl)C(=O)Nc1cccc(Cl)c1. The smallest absolute Gasteiger partial charge is 0.322 e. The molecule has 0 bridgehead atoms. The largest absolute Gasteiger partial charge is 0.383 e. The number of nitrogens with zero attached hydrogens (tertiary/aromatic N) is 2. The summed E-state index contributed by atoms with van der Waals surface area (Å²) in [4.78, 5) is 14.6. The number of hydrogen-bond donors (Lipinski definition) is 1. The average Bonchev–Trinajstić information content (AvgIpc) is 3.13. The Balaban J connectivity index is 1.74. The standard InChI is InChI=1S/C22H23Cl2N3O2/c1-29-13-12-27(22(28)25-19-8-4-7-18(23)14-19)16-20-9-5-11-26(20)15-17-6-2-3-10-21(17)24/h2-11,14H,12-13,15-16H2,1H3,(H,25,28). The predicted octanol–water partition coefficient (Wildman–Crippen LogP) is 5.52. The number of halogens is 2. The van der Waals surface area contributed by atoms with Gasteiger partial charge in [0.2, 0.25) is 0 Å². The molecule has 0 aliphatic heterocycles. The number of anilines is 1. The topological polar surface area (TPSA) is 46.5 Å². The summed E-state index contributed by atoms with van der Waals surface area (Å²) >= 11 is 12.3. The van der Waals surface area contributed by atoms with E-state index < -0.39 is 0 Å². The van der Waals surface area contributed by atoms with Gasteiger partial charge in [0, 0.05) is 47.8 Å². The van der Waals surface area contributed by atoms with Crippen LogP contribution in [0.4, 0.5) is 10.5 Å². The van der Waals surface area contributed by atoms with Gasteiger partial charge in [0.05, 0.1) is 13.2 Å². The molecular weight excluding hydrogens is 409 g/mol. The Morgan fingerprint density at radius 3 is 2.69 bits per heavy atom. The summed E-state index contributed by atoms with van der Waals surface area (Å²) in [5.74, 6) is 0. The van der Waals surface area contributed by atoms with E-state index in [-0.39, 0.29) is 6.03 Å². The third kappa shape index (κ3) is 6.00. The summed E-state index contributed by atoms with van der Waals surface area (Å²) in [7, 11) is 1.62. The van der Waals surface area contributed by atoms with Gasteiger partial charge in [-0.1, -0.05) is 47.5 Å². The summed E-state index contributed by atoms with van der Waals surface area (Å²) in [5.41, 5.74) is 2.68. The predicted molar refractivity (Wildman–Crippen MR) is 118 cm³/mol. The van der Waals surface area contributed by atoms with Crippen molar-refractivity contribution in [2.75, 3.05) is 25.6 Å². The third-order valence-corrected chi connectivity index (χ3v) is 5.11. The highest BCUT2D eigenvalue weighted by Crippen LogP contribution is 2.19. The molecule has 2 aromatic carbocycles. The second-order valence-electron chi connectivity index (χ2n) is 6.57.